The van der Waals surface area contributed by atoms with Crippen LogP contribution < -0.4 is 5.32 Å². The highest BCUT2D eigenvalue weighted by Crippen LogP contribution is 2.44. The molecule has 1 N–H and O–H groups in total. The molecule has 0 unspecified atom stereocenters. The van der Waals surface area contributed by atoms with E-state index < -0.39 is 17.7 Å². The molecule has 1 fully saturated rings. The number of rotatable bonds is 1. The van der Waals surface area contributed by atoms with Gasteiger partial charge in [0, 0.05) is 23.5 Å². The van der Waals surface area contributed by atoms with Crippen LogP contribution in [0.4, 0.5) is 28.0 Å². The average Bonchev–Trinajstić information content (AvgIpc) is 2.91. The van der Waals surface area contributed by atoms with Gasteiger partial charge in [0.05, 0.1) is 11.6 Å². The predicted molar refractivity (Wildman–Crippen MR) is 86.0 cm³/mol. The number of benzene rings is 1. The van der Waals surface area contributed by atoms with Crippen LogP contribution in [-0.2, 0) is 12.6 Å². The minimum absolute atomic E-state index is 0.138. The highest BCUT2D eigenvalue weighted by atomic mass is 19.4. The van der Waals surface area contributed by atoms with Crippen molar-refractivity contribution in [3.8, 4) is 0 Å². The van der Waals surface area contributed by atoms with Gasteiger partial charge in [0.15, 0.2) is 0 Å². The second-order valence-electron chi connectivity index (χ2n) is 6.53. The number of halogens is 4. The van der Waals surface area contributed by atoms with Crippen molar-refractivity contribution in [3.63, 3.8) is 0 Å². The molecule has 1 saturated heterocycles. The number of aromatic nitrogens is 1. The third-order valence-electron chi connectivity index (χ3n) is 5.04. The third-order valence-corrected chi connectivity index (χ3v) is 5.04. The van der Waals surface area contributed by atoms with Crippen LogP contribution in [0.2, 0.25) is 0 Å². The van der Waals surface area contributed by atoms with Crippen molar-refractivity contribution in [3.05, 3.63) is 59.2 Å². The third kappa shape index (κ3) is 2.79. The van der Waals surface area contributed by atoms with Crippen molar-refractivity contribution in [1.82, 2.24) is 9.88 Å². The van der Waals surface area contributed by atoms with Crippen LogP contribution in [-0.4, -0.2) is 22.0 Å². The summed E-state index contributed by atoms with van der Waals surface area (Å²) in [7, 11) is 0. The second kappa shape index (κ2) is 5.96. The lowest BCUT2D eigenvalue weighted by atomic mass is 9.95. The fraction of sp³-hybridized carbons (Fsp3) is 0.333. The Morgan fingerprint density at radius 1 is 1.15 bits per heavy atom. The van der Waals surface area contributed by atoms with E-state index in [-0.39, 0.29) is 23.8 Å². The summed E-state index contributed by atoms with van der Waals surface area (Å²) >= 11 is 0. The van der Waals surface area contributed by atoms with Gasteiger partial charge in [-0.2, -0.15) is 17.6 Å². The summed E-state index contributed by atoms with van der Waals surface area (Å²) in [5, 5.41) is 2.65. The quantitative estimate of drug-likeness (QED) is 0.596. The number of carbonyl (C=O) groups is 1. The molecule has 2 aromatic rings. The lowest BCUT2D eigenvalue weighted by molar-refractivity contribution is -0.137. The Morgan fingerprint density at radius 2 is 1.88 bits per heavy atom. The molecular weight excluding hydrogens is 350 g/mol. The molecule has 2 amide bonds. The Balaban J connectivity index is 1.54. The smallest absolute Gasteiger partial charge is 0.314 e. The van der Waals surface area contributed by atoms with Crippen LogP contribution in [0.25, 0.3) is 0 Å². The van der Waals surface area contributed by atoms with Gasteiger partial charge in [-0.1, -0.05) is 0 Å². The highest BCUT2D eigenvalue weighted by molar-refractivity contribution is 5.90. The largest absolute Gasteiger partial charge is 0.416 e. The van der Waals surface area contributed by atoms with Gasteiger partial charge < -0.3 is 10.2 Å². The van der Waals surface area contributed by atoms with Gasteiger partial charge in [0.25, 0.3) is 0 Å². The molecule has 4 nitrogen and oxygen atoms in total. The van der Waals surface area contributed by atoms with E-state index in [1.54, 1.807) is 11.0 Å². The van der Waals surface area contributed by atoms with Crippen LogP contribution in [0.5, 0.6) is 0 Å². The minimum Gasteiger partial charge on any atom is -0.314 e. The first-order valence-corrected chi connectivity index (χ1v) is 8.24. The maximum Gasteiger partial charge on any atom is 0.416 e. The number of amides is 2. The van der Waals surface area contributed by atoms with E-state index in [4.69, 9.17) is 0 Å². The molecule has 4 rings (SSSR count). The Kier molecular flexibility index (Phi) is 3.86. The number of alkyl halides is 3. The normalized spacial score (nSPS) is 21.5. The van der Waals surface area contributed by atoms with Gasteiger partial charge in [0.2, 0.25) is 5.95 Å². The van der Waals surface area contributed by atoms with Crippen molar-refractivity contribution in [2.45, 2.75) is 37.5 Å². The highest BCUT2D eigenvalue weighted by Gasteiger charge is 2.43. The summed E-state index contributed by atoms with van der Waals surface area (Å²) in [5.74, 6) is -0.498. The van der Waals surface area contributed by atoms with Crippen molar-refractivity contribution >= 4 is 11.7 Å². The molecule has 2 aliphatic heterocycles. The summed E-state index contributed by atoms with van der Waals surface area (Å²) in [5.41, 5.74) is 0.826. The van der Waals surface area contributed by atoms with Crippen molar-refractivity contribution in [1.29, 1.82) is 0 Å². The number of carbonyl (C=O) groups excluding carboxylic acids is 1. The van der Waals surface area contributed by atoms with Crippen LogP contribution in [0.1, 0.15) is 35.6 Å². The van der Waals surface area contributed by atoms with E-state index in [1.165, 1.54) is 18.3 Å². The van der Waals surface area contributed by atoms with E-state index in [0.717, 1.165) is 30.5 Å². The van der Waals surface area contributed by atoms with Crippen molar-refractivity contribution in [2.75, 3.05) is 5.32 Å². The molecule has 2 atom stereocenters. The molecule has 0 saturated carbocycles. The minimum atomic E-state index is -4.42. The van der Waals surface area contributed by atoms with Crippen LogP contribution in [0.15, 0.2) is 36.5 Å². The SMILES string of the molecule is O=C(Nc1ccc(C(F)(F)F)cc1)N1[C@@H]2CC[C@H]1c1ccnc(F)c1C2. The molecule has 2 bridgehead atoms. The first-order valence-electron chi connectivity index (χ1n) is 8.24. The Hall–Kier alpha value is -2.64. The number of nitrogens with one attached hydrogen (secondary N) is 1. The molecule has 0 spiro atoms. The molecule has 1 aromatic heterocycles. The lowest BCUT2D eigenvalue weighted by Crippen LogP contribution is -2.44. The van der Waals surface area contributed by atoms with Crippen LogP contribution >= 0.6 is 0 Å². The second-order valence-corrected chi connectivity index (χ2v) is 6.53. The summed E-state index contributed by atoms with van der Waals surface area (Å²) < 4.78 is 51.8. The number of pyridine rings is 1. The summed E-state index contributed by atoms with van der Waals surface area (Å²) in [6.45, 7) is 0. The lowest BCUT2D eigenvalue weighted by Gasteiger charge is -2.36. The van der Waals surface area contributed by atoms with Gasteiger partial charge >= 0.3 is 12.2 Å². The zero-order valence-corrected chi connectivity index (χ0v) is 13.6. The van der Waals surface area contributed by atoms with Gasteiger partial charge in [-0.25, -0.2) is 9.78 Å². The zero-order chi connectivity index (χ0) is 18.5. The van der Waals surface area contributed by atoms with E-state index in [0.29, 0.717) is 12.0 Å². The summed E-state index contributed by atoms with van der Waals surface area (Å²) in [4.78, 5) is 18.0. The van der Waals surface area contributed by atoms with E-state index >= 15 is 0 Å². The molecule has 3 heterocycles. The Labute approximate surface area is 146 Å². The molecule has 26 heavy (non-hydrogen) atoms. The molecular formula is C18H15F4N3O. The molecule has 0 radical (unpaired) electrons. The number of urea groups is 1. The standard InChI is InChI=1S/C18H15F4N3O/c19-16-14-9-12-5-6-15(13(14)7-8-23-16)25(12)17(26)24-11-3-1-10(2-4-11)18(20,21)22/h1-4,7-8,12,15H,5-6,9H2,(H,24,26)/t12-,15+/m1/s1. The van der Waals surface area contributed by atoms with E-state index in [2.05, 4.69) is 10.3 Å². The van der Waals surface area contributed by atoms with E-state index in [9.17, 15) is 22.4 Å². The zero-order valence-electron chi connectivity index (χ0n) is 13.6. The molecule has 0 aliphatic carbocycles. The summed E-state index contributed by atoms with van der Waals surface area (Å²) in [6, 6.07) is 5.27. The number of fused-ring (bicyclic) bond motifs is 4. The number of nitrogens with zero attached hydrogens (tertiary/aromatic N) is 2. The van der Waals surface area contributed by atoms with Gasteiger partial charge in [-0.15, -0.1) is 0 Å². The first kappa shape index (κ1) is 16.8. The maximum absolute atomic E-state index is 13.9. The van der Waals surface area contributed by atoms with E-state index in [1.807, 2.05) is 0 Å². The average molecular weight is 365 g/mol. The fourth-order valence-corrected chi connectivity index (χ4v) is 3.86. The molecule has 2 aliphatic rings. The number of anilines is 1. The molecule has 1 aromatic carbocycles. The fourth-order valence-electron chi connectivity index (χ4n) is 3.86. The molecule has 8 heteroatoms. The first-order chi connectivity index (χ1) is 12.3. The van der Waals surface area contributed by atoms with Gasteiger partial charge in [-0.3, -0.25) is 0 Å². The molecule has 136 valence electrons. The Bertz CT molecular complexity index is 851. The van der Waals surface area contributed by atoms with Crippen molar-refractivity contribution < 1.29 is 22.4 Å². The maximum atomic E-state index is 13.9. The number of hydrogen-bond acceptors (Lipinski definition) is 2. The summed E-state index contributed by atoms with van der Waals surface area (Å²) in [6.07, 6.45) is -1.16. The topological polar surface area (TPSA) is 45.2 Å². The monoisotopic (exact) mass is 365 g/mol. The van der Waals surface area contributed by atoms with Crippen LogP contribution in [0.3, 0.4) is 0 Å². The van der Waals surface area contributed by atoms with Gasteiger partial charge in [0.1, 0.15) is 0 Å². The number of hydrogen-bond donors (Lipinski definition) is 1. The van der Waals surface area contributed by atoms with Crippen molar-refractivity contribution in [2.24, 2.45) is 0 Å². The van der Waals surface area contributed by atoms with Gasteiger partial charge in [-0.05, 0) is 55.2 Å². The Morgan fingerprint density at radius 3 is 2.58 bits per heavy atom. The van der Waals surface area contributed by atoms with Crippen LogP contribution in [0, 0.1) is 5.95 Å². The predicted octanol–water partition coefficient (Wildman–Crippen LogP) is 4.53.